The highest BCUT2D eigenvalue weighted by atomic mass is 15.3. The summed E-state index contributed by atoms with van der Waals surface area (Å²) < 4.78 is 1.85. The minimum atomic E-state index is 1.04. The molecule has 0 aliphatic carbocycles. The van der Waals surface area contributed by atoms with E-state index < -0.39 is 0 Å². The maximum atomic E-state index is 4.32. The van der Waals surface area contributed by atoms with Gasteiger partial charge in [0.1, 0.15) is 0 Å². The fraction of sp³-hybridized carbons (Fsp3) is 0. The van der Waals surface area contributed by atoms with Gasteiger partial charge in [-0.25, -0.2) is 4.68 Å². The smallest absolute Gasteiger partial charge is 0.0645 e. The fourth-order valence-corrected chi connectivity index (χ4v) is 1.60. The summed E-state index contributed by atoms with van der Waals surface area (Å²) in [5.74, 6) is 0. The number of hydrogen-bond donors (Lipinski definition) is 1. The Hall–Kier alpha value is -2.36. The molecule has 3 aromatic rings. The second-order valence-corrected chi connectivity index (χ2v) is 3.50. The van der Waals surface area contributed by atoms with Crippen molar-refractivity contribution >= 4 is 0 Å². The molecule has 1 N–H and O–H groups in total. The van der Waals surface area contributed by atoms with Crippen molar-refractivity contribution in [3.05, 3.63) is 55.1 Å². The molecule has 0 fully saturated rings. The fourth-order valence-electron chi connectivity index (χ4n) is 1.60. The molecular weight excluding hydrogens is 200 g/mol. The molecule has 0 aliphatic heterocycles. The van der Waals surface area contributed by atoms with E-state index in [4.69, 9.17) is 0 Å². The van der Waals surface area contributed by atoms with E-state index in [0.717, 1.165) is 16.8 Å². The van der Waals surface area contributed by atoms with Crippen LogP contribution in [0.15, 0.2) is 55.1 Å². The second kappa shape index (κ2) is 3.66. The first-order valence-corrected chi connectivity index (χ1v) is 5.03. The van der Waals surface area contributed by atoms with E-state index in [1.165, 1.54) is 0 Å². The number of aromatic nitrogens is 4. The number of nitrogens with one attached hydrogen (secondary N) is 1. The zero-order valence-corrected chi connectivity index (χ0v) is 8.54. The van der Waals surface area contributed by atoms with Gasteiger partial charge in [-0.2, -0.15) is 10.2 Å². The largest absolute Gasteiger partial charge is 0.285 e. The molecule has 0 aliphatic rings. The number of rotatable bonds is 2. The van der Waals surface area contributed by atoms with E-state index in [1.54, 1.807) is 6.20 Å². The van der Waals surface area contributed by atoms with Gasteiger partial charge < -0.3 is 0 Å². The average molecular weight is 210 g/mol. The van der Waals surface area contributed by atoms with E-state index >= 15 is 0 Å². The number of para-hydroxylation sites is 1. The molecule has 4 nitrogen and oxygen atoms in total. The Bertz CT molecular complexity index is 566. The van der Waals surface area contributed by atoms with Crippen LogP contribution in [0.3, 0.4) is 0 Å². The van der Waals surface area contributed by atoms with E-state index in [1.807, 2.05) is 53.6 Å². The maximum absolute atomic E-state index is 4.32. The topological polar surface area (TPSA) is 46.5 Å². The number of H-pyrrole nitrogens is 1. The summed E-state index contributed by atoms with van der Waals surface area (Å²) in [5, 5.41) is 11.0. The van der Waals surface area contributed by atoms with Crippen molar-refractivity contribution in [2.75, 3.05) is 0 Å². The summed E-state index contributed by atoms with van der Waals surface area (Å²) >= 11 is 0. The molecule has 0 amide bonds. The van der Waals surface area contributed by atoms with Gasteiger partial charge in [0, 0.05) is 23.5 Å². The van der Waals surface area contributed by atoms with Crippen molar-refractivity contribution in [2.24, 2.45) is 0 Å². The molecule has 3 rings (SSSR count). The van der Waals surface area contributed by atoms with E-state index in [9.17, 15) is 0 Å². The summed E-state index contributed by atoms with van der Waals surface area (Å²) in [6.45, 7) is 0. The van der Waals surface area contributed by atoms with Crippen LogP contribution in [-0.2, 0) is 0 Å². The monoisotopic (exact) mass is 210 g/mol. The van der Waals surface area contributed by atoms with Gasteiger partial charge in [0.2, 0.25) is 0 Å². The predicted molar refractivity (Wildman–Crippen MR) is 61.1 cm³/mol. The molecule has 78 valence electrons. The summed E-state index contributed by atoms with van der Waals surface area (Å²) in [6.07, 6.45) is 7.46. The Morgan fingerprint density at radius 3 is 2.62 bits per heavy atom. The van der Waals surface area contributed by atoms with Crippen molar-refractivity contribution in [1.29, 1.82) is 0 Å². The number of aromatic amines is 1. The van der Waals surface area contributed by atoms with Crippen molar-refractivity contribution in [1.82, 2.24) is 20.0 Å². The van der Waals surface area contributed by atoms with Crippen LogP contribution < -0.4 is 0 Å². The SMILES string of the molecule is c1ccc(-n2cc(-c3cn[nH]c3)cn2)cc1. The first-order valence-electron chi connectivity index (χ1n) is 5.03. The highest BCUT2D eigenvalue weighted by Gasteiger charge is 2.03. The van der Waals surface area contributed by atoms with Gasteiger partial charge in [0.05, 0.1) is 18.1 Å². The van der Waals surface area contributed by atoms with Crippen LogP contribution in [0, 0.1) is 0 Å². The summed E-state index contributed by atoms with van der Waals surface area (Å²) in [6, 6.07) is 10.0. The van der Waals surface area contributed by atoms with Crippen LogP contribution in [0.5, 0.6) is 0 Å². The molecule has 0 radical (unpaired) electrons. The molecule has 2 heterocycles. The van der Waals surface area contributed by atoms with Gasteiger partial charge in [-0.1, -0.05) is 18.2 Å². The van der Waals surface area contributed by atoms with Gasteiger partial charge in [-0.3, -0.25) is 5.10 Å². The Balaban J connectivity index is 2.00. The molecule has 0 saturated heterocycles. The van der Waals surface area contributed by atoms with Gasteiger partial charge in [0.25, 0.3) is 0 Å². The first kappa shape index (κ1) is 8.91. The minimum Gasteiger partial charge on any atom is -0.285 e. The molecule has 0 bridgehead atoms. The standard InChI is InChI=1S/C12H10N4/c1-2-4-12(5-3-1)16-9-11(8-15-16)10-6-13-14-7-10/h1-9H,(H,13,14). The van der Waals surface area contributed by atoms with Gasteiger partial charge in [-0.05, 0) is 12.1 Å². The molecule has 1 aromatic carbocycles. The summed E-state index contributed by atoms with van der Waals surface area (Å²) in [4.78, 5) is 0. The quantitative estimate of drug-likeness (QED) is 0.705. The first-order chi connectivity index (χ1) is 7.93. The maximum Gasteiger partial charge on any atom is 0.0645 e. The van der Waals surface area contributed by atoms with Crippen molar-refractivity contribution in [2.45, 2.75) is 0 Å². The van der Waals surface area contributed by atoms with E-state index in [0.29, 0.717) is 0 Å². The molecule has 0 unspecified atom stereocenters. The zero-order valence-electron chi connectivity index (χ0n) is 8.54. The van der Waals surface area contributed by atoms with E-state index in [-0.39, 0.29) is 0 Å². The van der Waals surface area contributed by atoms with Crippen LogP contribution in [-0.4, -0.2) is 20.0 Å². The Morgan fingerprint density at radius 1 is 1.00 bits per heavy atom. The van der Waals surface area contributed by atoms with Gasteiger partial charge in [-0.15, -0.1) is 0 Å². The molecular formula is C12H10N4. The third-order valence-corrected chi connectivity index (χ3v) is 2.43. The lowest BCUT2D eigenvalue weighted by Gasteiger charge is -1.98. The molecule has 0 atom stereocenters. The summed E-state index contributed by atoms with van der Waals surface area (Å²) in [5.41, 5.74) is 3.15. The van der Waals surface area contributed by atoms with Crippen molar-refractivity contribution < 1.29 is 0 Å². The Labute approximate surface area is 92.6 Å². The van der Waals surface area contributed by atoms with Crippen molar-refractivity contribution in [3.63, 3.8) is 0 Å². The lowest BCUT2D eigenvalue weighted by molar-refractivity contribution is 0.881. The Kier molecular flexibility index (Phi) is 2.04. The highest BCUT2D eigenvalue weighted by molar-refractivity contribution is 5.60. The number of benzene rings is 1. The van der Waals surface area contributed by atoms with Gasteiger partial charge in [0.15, 0.2) is 0 Å². The third-order valence-electron chi connectivity index (χ3n) is 2.43. The normalized spacial score (nSPS) is 10.5. The predicted octanol–water partition coefficient (Wildman–Crippen LogP) is 2.26. The lowest BCUT2D eigenvalue weighted by atomic mass is 10.2. The molecule has 16 heavy (non-hydrogen) atoms. The molecule has 4 heteroatoms. The van der Waals surface area contributed by atoms with Crippen LogP contribution in [0.1, 0.15) is 0 Å². The van der Waals surface area contributed by atoms with Crippen LogP contribution in [0.25, 0.3) is 16.8 Å². The Morgan fingerprint density at radius 2 is 1.88 bits per heavy atom. The second-order valence-electron chi connectivity index (χ2n) is 3.50. The molecule has 2 aromatic heterocycles. The average Bonchev–Trinajstić information content (AvgIpc) is 3.01. The van der Waals surface area contributed by atoms with Crippen LogP contribution in [0.2, 0.25) is 0 Å². The zero-order chi connectivity index (χ0) is 10.8. The van der Waals surface area contributed by atoms with Gasteiger partial charge >= 0.3 is 0 Å². The van der Waals surface area contributed by atoms with Crippen LogP contribution in [0.4, 0.5) is 0 Å². The molecule has 0 spiro atoms. The highest BCUT2D eigenvalue weighted by Crippen LogP contribution is 2.18. The third kappa shape index (κ3) is 1.50. The van der Waals surface area contributed by atoms with Crippen LogP contribution >= 0.6 is 0 Å². The number of hydrogen-bond acceptors (Lipinski definition) is 2. The van der Waals surface area contributed by atoms with E-state index in [2.05, 4.69) is 15.3 Å². The minimum absolute atomic E-state index is 1.04. The number of nitrogens with zero attached hydrogens (tertiary/aromatic N) is 3. The van der Waals surface area contributed by atoms with Crippen molar-refractivity contribution in [3.8, 4) is 16.8 Å². The lowest BCUT2D eigenvalue weighted by Crippen LogP contribution is -1.92. The molecule has 0 saturated carbocycles. The summed E-state index contributed by atoms with van der Waals surface area (Å²) in [7, 11) is 0.